The summed E-state index contributed by atoms with van der Waals surface area (Å²) in [7, 11) is 0. The number of halogens is 1. The normalized spacial score (nSPS) is 21.8. The van der Waals surface area contributed by atoms with E-state index in [1.165, 1.54) is 17.0 Å². The van der Waals surface area contributed by atoms with Gasteiger partial charge in [0.2, 0.25) is 0 Å². The van der Waals surface area contributed by atoms with E-state index in [1.807, 2.05) is 0 Å². The molecule has 31 heavy (non-hydrogen) atoms. The Balaban J connectivity index is 1.78. The number of rotatable bonds is 5. The second-order valence-electron chi connectivity index (χ2n) is 7.78. The number of Topliss-reactive ketones (excluding diaryl/α,β-unsaturated/α-hetero) is 1. The first-order valence-corrected chi connectivity index (χ1v) is 10.2. The number of aromatic nitrogens is 2. The molecule has 164 valence electrons. The van der Waals surface area contributed by atoms with Crippen molar-refractivity contribution in [2.45, 2.75) is 19.9 Å². The molecule has 2 fully saturated rings. The van der Waals surface area contributed by atoms with Crippen LogP contribution < -0.4 is 0 Å². The summed E-state index contributed by atoms with van der Waals surface area (Å²) >= 11 is 0. The van der Waals surface area contributed by atoms with E-state index in [0.717, 1.165) is 13.1 Å². The molecule has 1 aromatic carbocycles. The quantitative estimate of drug-likeness (QED) is 0.429. The average molecular weight is 428 g/mol. The molecule has 0 saturated carbocycles. The van der Waals surface area contributed by atoms with Gasteiger partial charge in [0.1, 0.15) is 11.6 Å². The Bertz CT molecular complexity index is 1020. The van der Waals surface area contributed by atoms with E-state index in [4.69, 9.17) is 4.74 Å². The number of likely N-dealkylation sites (tertiary alicyclic amines) is 1. The van der Waals surface area contributed by atoms with Crippen molar-refractivity contribution in [2.24, 2.45) is 0 Å². The number of nitrogens with zero attached hydrogens (tertiary/aromatic N) is 3. The highest BCUT2D eigenvalue weighted by Crippen LogP contribution is 2.40. The summed E-state index contributed by atoms with van der Waals surface area (Å²) in [6.07, 6.45) is 0. The molecular formula is C22H25FN4O4. The van der Waals surface area contributed by atoms with Gasteiger partial charge >= 0.3 is 0 Å². The molecule has 1 aromatic heterocycles. The molecule has 2 saturated heterocycles. The van der Waals surface area contributed by atoms with Crippen LogP contribution in [0, 0.1) is 19.7 Å². The zero-order valence-electron chi connectivity index (χ0n) is 17.5. The van der Waals surface area contributed by atoms with Gasteiger partial charge < -0.3 is 14.7 Å². The lowest BCUT2D eigenvalue weighted by atomic mass is 9.94. The van der Waals surface area contributed by atoms with Crippen LogP contribution in [0.15, 0.2) is 29.8 Å². The minimum Gasteiger partial charge on any atom is -0.507 e. The van der Waals surface area contributed by atoms with Crippen LogP contribution >= 0.6 is 0 Å². The van der Waals surface area contributed by atoms with Crippen LogP contribution in [-0.2, 0) is 14.3 Å². The van der Waals surface area contributed by atoms with E-state index in [-0.39, 0.29) is 23.4 Å². The van der Waals surface area contributed by atoms with Gasteiger partial charge in [-0.25, -0.2) is 4.39 Å². The third-order valence-electron chi connectivity index (χ3n) is 5.87. The monoisotopic (exact) mass is 428 g/mol. The summed E-state index contributed by atoms with van der Waals surface area (Å²) in [5, 5.41) is 17.9. The van der Waals surface area contributed by atoms with Crippen molar-refractivity contribution >= 4 is 17.4 Å². The summed E-state index contributed by atoms with van der Waals surface area (Å²) in [5.41, 5.74) is 1.45. The number of hydrogen-bond acceptors (Lipinski definition) is 6. The number of amides is 1. The molecule has 1 amide bonds. The van der Waals surface area contributed by atoms with E-state index in [0.29, 0.717) is 36.7 Å². The summed E-state index contributed by atoms with van der Waals surface area (Å²) in [6.45, 7) is 6.80. The summed E-state index contributed by atoms with van der Waals surface area (Å²) < 4.78 is 20.2. The third kappa shape index (κ3) is 3.86. The molecule has 0 spiro atoms. The van der Waals surface area contributed by atoms with Gasteiger partial charge in [-0.05, 0) is 19.9 Å². The first-order chi connectivity index (χ1) is 14.9. The van der Waals surface area contributed by atoms with Crippen LogP contribution in [0.2, 0.25) is 0 Å². The number of aryl methyl sites for hydroxylation is 2. The van der Waals surface area contributed by atoms with Crippen LogP contribution in [0.3, 0.4) is 0 Å². The van der Waals surface area contributed by atoms with Gasteiger partial charge in [0, 0.05) is 37.4 Å². The molecule has 2 aliphatic heterocycles. The van der Waals surface area contributed by atoms with Gasteiger partial charge in [0.25, 0.3) is 11.7 Å². The average Bonchev–Trinajstić information content (AvgIpc) is 3.23. The van der Waals surface area contributed by atoms with Gasteiger partial charge in [-0.2, -0.15) is 5.10 Å². The van der Waals surface area contributed by atoms with E-state index in [9.17, 15) is 19.1 Å². The number of carbonyl (C=O) groups is 2. The van der Waals surface area contributed by atoms with Crippen molar-refractivity contribution in [1.82, 2.24) is 20.0 Å². The predicted octanol–water partition coefficient (Wildman–Crippen LogP) is 1.92. The number of aromatic amines is 1. The molecule has 9 heteroatoms. The number of morpholine rings is 1. The molecule has 0 aliphatic carbocycles. The zero-order valence-corrected chi connectivity index (χ0v) is 17.5. The second-order valence-corrected chi connectivity index (χ2v) is 7.78. The summed E-state index contributed by atoms with van der Waals surface area (Å²) in [5.74, 6) is -2.46. The molecule has 0 unspecified atom stereocenters. The third-order valence-corrected chi connectivity index (χ3v) is 5.87. The number of hydrogen-bond donors (Lipinski definition) is 2. The smallest absolute Gasteiger partial charge is 0.295 e. The first-order valence-electron chi connectivity index (χ1n) is 10.2. The summed E-state index contributed by atoms with van der Waals surface area (Å²) in [4.78, 5) is 29.5. The highest BCUT2D eigenvalue weighted by atomic mass is 19.1. The lowest BCUT2D eigenvalue weighted by molar-refractivity contribution is -0.140. The molecule has 2 N–H and O–H groups in total. The maximum atomic E-state index is 14.8. The number of nitrogens with one attached hydrogen (secondary N) is 1. The molecule has 0 bridgehead atoms. The molecule has 4 rings (SSSR count). The minimum absolute atomic E-state index is 0.121. The van der Waals surface area contributed by atoms with Crippen LogP contribution in [0.1, 0.15) is 28.6 Å². The van der Waals surface area contributed by atoms with E-state index in [2.05, 4.69) is 15.1 Å². The number of H-pyrrole nitrogens is 1. The largest absolute Gasteiger partial charge is 0.507 e. The fourth-order valence-electron chi connectivity index (χ4n) is 4.24. The standard InChI is InChI=1S/C22H25FN4O4/c1-13-17(14(2)25-24-13)20(28)18-19(15-5-3-4-6-16(15)23)27(22(30)21(18)29)8-7-26-9-11-31-12-10-26/h3-6,19,28H,7-12H2,1-2H3,(H,24,25)/t19-/m0/s1. The Morgan fingerprint density at radius 2 is 1.94 bits per heavy atom. The zero-order chi connectivity index (χ0) is 22.1. The highest BCUT2D eigenvalue weighted by Gasteiger charge is 2.47. The number of ether oxygens (including phenoxy) is 1. The second kappa shape index (κ2) is 8.60. The summed E-state index contributed by atoms with van der Waals surface area (Å²) in [6, 6.07) is 5.00. The molecule has 2 aliphatic rings. The molecule has 8 nitrogen and oxygen atoms in total. The SMILES string of the molecule is Cc1n[nH]c(C)c1C(O)=C1C(=O)C(=O)N(CCN2CCOCC2)[C@H]1c1ccccc1F. The molecule has 0 radical (unpaired) electrons. The van der Waals surface area contributed by atoms with Crippen molar-refractivity contribution in [3.63, 3.8) is 0 Å². The van der Waals surface area contributed by atoms with Crippen LogP contribution in [0.5, 0.6) is 0 Å². The van der Waals surface area contributed by atoms with Crippen molar-refractivity contribution in [3.05, 3.63) is 58.2 Å². The van der Waals surface area contributed by atoms with Gasteiger partial charge in [0.05, 0.1) is 36.1 Å². The molecular weight excluding hydrogens is 403 g/mol. The molecule has 3 heterocycles. The van der Waals surface area contributed by atoms with Gasteiger partial charge in [-0.3, -0.25) is 19.6 Å². The van der Waals surface area contributed by atoms with Gasteiger partial charge in [-0.1, -0.05) is 18.2 Å². The lowest BCUT2D eigenvalue weighted by Gasteiger charge is -2.31. The maximum absolute atomic E-state index is 14.8. The van der Waals surface area contributed by atoms with E-state index < -0.39 is 23.5 Å². The Hall–Kier alpha value is -3.04. The molecule has 2 aromatic rings. The fourth-order valence-corrected chi connectivity index (χ4v) is 4.24. The number of ketones is 1. The van der Waals surface area contributed by atoms with Crippen LogP contribution in [0.4, 0.5) is 4.39 Å². The Kier molecular flexibility index (Phi) is 5.88. The Labute approximate surface area is 179 Å². The van der Waals surface area contributed by atoms with Crippen molar-refractivity contribution in [1.29, 1.82) is 0 Å². The van der Waals surface area contributed by atoms with Crippen molar-refractivity contribution in [3.8, 4) is 0 Å². The van der Waals surface area contributed by atoms with E-state index in [1.54, 1.807) is 26.0 Å². The number of carbonyl (C=O) groups excluding carboxylic acids is 2. The van der Waals surface area contributed by atoms with E-state index >= 15 is 0 Å². The maximum Gasteiger partial charge on any atom is 0.295 e. The van der Waals surface area contributed by atoms with Gasteiger partial charge in [0.15, 0.2) is 0 Å². The number of aliphatic hydroxyl groups excluding tert-OH is 1. The lowest BCUT2D eigenvalue weighted by Crippen LogP contribution is -2.42. The highest BCUT2D eigenvalue weighted by molar-refractivity contribution is 6.46. The topological polar surface area (TPSA) is 98.8 Å². The Morgan fingerprint density at radius 1 is 1.23 bits per heavy atom. The van der Waals surface area contributed by atoms with Crippen LogP contribution in [0.25, 0.3) is 5.76 Å². The Morgan fingerprint density at radius 3 is 2.58 bits per heavy atom. The van der Waals surface area contributed by atoms with Crippen molar-refractivity contribution < 1.29 is 23.8 Å². The number of benzene rings is 1. The predicted molar refractivity (Wildman–Crippen MR) is 111 cm³/mol. The minimum atomic E-state index is -1.02. The first kappa shape index (κ1) is 21.2. The molecule has 1 atom stereocenters. The van der Waals surface area contributed by atoms with Gasteiger partial charge in [-0.15, -0.1) is 0 Å². The number of aliphatic hydroxyl groups is 1. The van der Waals surface area contributed by atoms with Crippen LogP contribution in [-0.4, -0.2) is 76.2 Å². The fraction of sp³-hybridized carbons (Fsp3) is 0.409. The van der Waals surface area contributed by atoms with Crippen molar-refractivity contribution in [2.75, 3.05) is 39.4 Å².